The summed E-state index contributed by atoms with van der Waals surface area (Å²) in [7, 11) is 0. The predicted molar refractivity (Wildman–Crippen MR) is 126 cm³/mol. The van der Waals surface area contributed by atoms with Crippen LogP contribution in [-0.2, 0) is 4.79 Å². The molecule has 0 aliphatic carbocycles. The van der Waals surface area contributed by atoms with E-state index < -0.39 is 5.41 Å². The quantitative estimate of drug-likeness (QED) is 0.316. The number of nitrogens with one attached hydrogen (secondary N) is 3. The molecule has 0 saturated heterocycles. The minimum absolute atomic E-state index is 0. The number of carbonyl (C=O) groups excluding carboxylic acids is 1. The second-order valence-electron chi connectivity index (χ2n) is 8.24. The van der Waals surface area contributed by atoms with Gasteiger partial charge in [-0.2, -0.15) is 0 Å². The highest BCUT2D eigenvalue weighted by molar-refractivity contribution is 14.0. The molecule has 3 N–H and O–H groups in total. The van der Waals surface area contributed by atoms with Gasteiger partial charge in [-0.15, -0.1) is 24.0 Å². The molecule has 1 atom stereocenters. The number of fused-ring (bicyclic) bond motifs is 1. The number of ether oxygens (including phenoxy) is 1. The molecule has 158 valence electrons. The van der Waals surface area contributed by atoms with E-state index in [9.17, 15) is 4.79 Å². The predicted octanol–water partition coefficient (Wildman–Crippen LogP) is 3.62. The van der Waals surface area contributed by atoms with Gasteiger partial charge in [0.25, 0.3) is 0 Å². The van der Waals surface area contributed by atoms with Crippen LogP contribution in [0.3, 0.4) is 0 Å². The molecule has 0 spiro atoms. The Labute approximate surface area is 186 Å². The minimum Gasteiger partial charge on any atom is -0.487 e. The largest absolute Gasteiger partial charge is 0.487 e. The van der Waals surface area contributed by atoms with Crippen molar-refractivity contribution < 1.29 is 9.53 Å². The number of para-hydroxylation sites is 1. The van der Waals surface area contributed by atoms with Gasteiger partial charge in [-0.25, -0.2) is 0 Å². The van der Waals surface area contributed by atoms with Crippen LogP contribution >= 0.6 is 24.0 Å². The Bertz CT molecular complexity index is 689. The highest BCUT2D eigenvalue weighted by Gasteiger charge is 2.34. The van der Waals surface area contributed by atoms with E-state index in [0.29, 0.717) is 19.0 Å². The Morgan fingerprint density at radius 1 is 1.21 bits per heavy atom. The monoisotopic (exact) mass is 502 g/mol. The molecule has 28 heavy (non-hydrogen) atoms. The number of halogens is 1. The first-order chi connectivity index (χ1) is 12.7. The Balaban J connectivity index is 0.00000392. The van der Waals surface area contributed by atoms with Crippen molar-refractivity contribution in [1.82, 2.24) is 16.0 Å². The van der Waals surface area contributed by atoms with Crippen LogP contribution in [0.25, 0.3) is 0 Å². The first-order valence-corrected chi connectivity index (χ1v) is 9.79. The minimum atomic E-state index is -0.564. The van der Waals surface area contributed by atoms with Crippen molar-refractivity contribution in [2.75, 3.05) is 19.6 Å². The Hall–Kier alpha value is -1.51. The number of rotatable bonds is 6. The van der Waals surface area contributed by atoms with Gasteiger partial charge in [0.1, 0.15) is 11.4 Å². The SMILES string of the molecule is CCNC(=O)C(C)(C)CN=C(NCC)NC1CC(C)(C)Oc2ccccc21.I. The number of amides is 1. The van der Waals surface area contributed by atoms with E-state index in [-0.39, 0.29) is 41.5 Å². The molecule has 1 aromatic rings. The van der Waals surface area contributed by atoms with Crippen LogP contribution in [0.4, 0.5) is 0 Å². The highest BCUT2D eigenvalue weighted by atomic mass is 127. The first-order valence-electron chi connectivity index (χ1n) is 9.79. The number of hydrogen-bond acceptors (Lipinski definition) is 3. The summed E-state index contributed by atoms with van der Waals surface area (Å²) in [5, 5.41) is 9.72. The second-order valence-corrected chi connectivity index (χ2v) is 8.24. The van der Waals surface area contributed by atoms with E-state index in [1.54, 1.807) is 0 Å². The number of guanidine groups is 1. The van der Waals surface area contributed by atoms with Crippen LogP contribution in [0.1, 0.15) is 59.6 Å². The summed E-state index contributed by atoms with van der Waals surface area (Å²) in [6.45, 7) is 13.8. The van der Waals surface area contributed by atoms with E-state index in [1.165, 1.54) is 0 Å². The summed E-state index contributed by atoms with van der Waals surface area (Å²) < 4.78 is 6.11. The fourth-order valence-corrected chi connectivity index (χ4v) is 3.16. The van der Waals surface area contributed by atoms with Crippen LogP contribution in [0, 0.1) is 5.41 Å². The van der Waals surface area contributed by atoms with Gasteiger partial charge in [0, 0.05) is 25.1 Å². The number of benzene rings is 1. The molecule has 1 aliphatic heterocycles. The van der Waals surface area contributed by atoms with Crippen molar-refractivity contribution in [1.29, 1.82) is 0 Å². The summed E-state index contributed by atoms with van der Waals surface area (Å²) in [5.41, 5.74) is 0.305. The molecule has 0 bridgehead atoms. The van der Waals surface area contributed by atoms with Crippen LogP contribution in [0.2, 0.25) is 0 Å². The van der Waals surface area contributed by atoms with Crippen molar-refractivity contribution in [2.24, 2.45) is 10.4 Å². The summed E-state index contributed by atoms with van der Waals surface area (Å²) in [6, 6.07) is 8.20. The molecule has 0 saturated carbocycles. The molecule has 0 aromatic heterocycles. The van der Waals surface area contributed by atoms with E-state index in [1.807, 2.05) is 45.9 Å². The van der Waals surface area contributed by atoms with Crippen molar-refractivity contribution in [3.05, 3.63) is 29.8 Å². The lowest BCUT2D eigenvalue weighted by Crippen LogP contribution is -2.46. The molecule has 6 nitrogen and oxygen atoms in total. The lowest BCUT2D eigenvalue weighted by molar-refractivity contribution is -0.128. The zero-order chi connectivity index (χ0) is 20.1. The highest BCUT2D eigenvalue weighted by Crippen LogP contribution is 2.39. The maximum atomic E-state index is 12.2. The van der Waals surface area contributed by atoms with Gasteiger partial charge in [-0.3, -0.25) is 9.79 Å². The third-order valence-electron chi connectivity index (χ3n) is 4.62. The first kappa shape index (κ1) is 24.5. The van der Waals surface area contributed by atoms with Gasteiger partial charge < -0.3 is 20.7 Å². The number of aliphatic imine (C=N–C) groups is 1. The van der Waals surface area contributed by atoms with Gasteiger partial charge in [-0.1, -0.05) is 18.2 Å². The zero-order valence-corrected chi connectivity index (χ0v) is 20.2. The lowest BCUT2D eigenvalue weighted by atomic mass is 9.90. The fourth-order valence-electron chi connectivity index (χ4n) is 3.16. The topological polar surface area (TPSA) is 74.8 Å². The second kappa shape index (κ2) is 10.3. The molecule has 1 aromatic carbocycles. The molecule has 1 amide bonds. The molecule has 1 aliphatic rings. The van der Waals surface area contributed by atoms with Gasteiger partial charge in [0.15, 0.2) is 5.96 Å². The summed E-state index contributed by atoms with van der Waals surface area (Å²) in [4.78, 5) is 16.9. The Morgan fingerprint density at radius 3 is 2.50 bits per heavy atom. The summed E-state index contributed by atoms with van der Waals surface area (Å²) >= 11 is 0. The van der Waals surface area contributed by atoms with Crippen LogP contribution in [-0.4, -0.2) is 37.1 Å². The third-order valence-corrected chi connectivity index (χ3v) is 4.62. The smallest absolute Gasteiger partial charge is 0.227 e. The molecule has 0 radical (unpaired) electrons. The maximum absolute atomic E-state index is 12.2. The number of hydrogen-bond donors (Lipinski definition) is 3. The summed E-state index contributed by atoms with van der Waals surface area (Å²) in [6.07, 6.45) is 0.828. The van der Waals surface area contributed by atoms with Crippen LogP contribution in [0.5, 0.6) is 5.75 Å². The van der Waals surface area contributed by atoms with E-state index in [4.69, 9.17) is 9.73 Å². The molecule has 7 heteroatoms. The van der Waals surface area contributed by atoms with Crippen LogP contribution in [0.15, 0.2) is 29.3 Å². The summed E-state index contributed by atoms with van der Waals surface area (Å²) in [5.74, 6) is 1.64. The van der Waals surface area contributed by atoms with Crippen molar-refractivity contribution >= 4 is 35.8 Å². The Morgan fingerprint density at radius 2 is 1.86 bits per heavy atom. The van der Waals surface area contributed by atoms with Gasteiger partial charge in [-0.05, 0) is 47.6 Å². The maximum Gasteiger partial charge on any atom is 0.227 e. The molecule has 1 heterocycles. The van der Waals surface area contributed by atoms with E-state index >= 15 is 0 Å². The number of carbonyl (C=O) groups is 1. The zero-order valence-electron chi connectivity index (χ0n) is 17.9. The van der Waals surface area contributed by atoms with Crippen molar-refractivity contribution in [3.63, 3.8) is 0 Å². The normalized spacial score (nSPS) is 18.2. The number of nitrogens with zero attached hydrogens (tertiary/aromatic N) is 1. The lowest BCUT2D eigenvalue weighted by Gasteiger charge is -2.38. The van der Waals surface area contributed by atoms with Gasteiger partial charge >= 0.3 is 0 Å². The van der Waals surface area contributed by atoms with E-state index in [0.717, 1.165) is 24.3 Å². The molecular formula is C21H35IN4O2. The van der Waals surface area contributed by atoms with Crippen molar-refractivity contribution in [3.8, 4) is 5.75 Å². The standard InChI is InChI=1S/C21H34N4O2.HI/c1-7-22-18(26)20(3,4)14-24-19(23-8-2)25-16-13-21(5,6)27-17-12-10-9-11-15(16)17;/h9-12,16H,7-8,13-14H2,1-6H3,(H,22,26)(H2,23,24,25);1H. The average Bonchev–Trinajstić information content (AvgIpc) is 2.59. The fraction of sp³-hybridized carbons (Fsp3) is 0.619. The van der Waals surface area contributed by atoms with Crippen LogP contribution < -0.4 is 20.7 Å². The molecular weight excluding hydrogens is 467 g/mol. The van der Waals surface area contributed by atoms with Crippen molar-refractivity contribution in [2.45, 2.75) is 59.6 Å². The third kappa shape index (κ3) is 6.53. The average molecular weight is 502 g/mol. The molecule has 0 fully saturated rings. The molecule has 2 rings (SSSR count). The van der Waals surface area contributed by atoms with Gasteiger partial charge in [0.05, 0.1) is 18.0 Å². The molecule has 1 unspecified atom stereocenters. The Kier molecular flexibility index (Phi) is 9.04. The van der Waals surface area contributed by atoms with E-state index in [2.05, 4.69) is 35.9 Å². The van der Waals surface area contributed by atoms with Gasteiger partial charge in [0.2, 0.25) is 5.91 Å².